The predicted molar refractivity (Wildman–Crippen MR) is 124 cm³/mol. The molecule has 162 valence electrons. The average Bonchev–Trinajstić information content (AvgIpc) is 3.11. The van der Waals surface area contributed by atoms with Crippen molar-refractivity contribution in [3.8, 4) is 5.75 Å². The molecule has 2 aromatic carbocycles. The lowest BCUT2D eigenvalue weighted by Gasteiger charge is -2.36. The van der Waals surface area contributed by atoms with Crippen molar-refractivity contribution in [2.45, 2.75) is 31.7 Å². The molecule has 31 heavy (non-hydrogen) atoms. The van der Waals surface area contributed by atoms with Crippen molar-refractivity contribution in [3.05, 3.63) is 75.6 Å². The van der Waals surface area contributed by atoms with Crippen LogP contribution in [0.1, 0.15) is 42.1 Å². The maximum atomic E-state index is 10.7. The zero-order valence-corrected chi connectivity index (χ0v) is 19.1. The Morgan fingerprint density at radius 3 is 2.71 bits per heavy atom. The number of hydrogen-bond acceptors (Lipinski definition) is 5. The first-order valence-corrected chi connectivity index (χ1v) is 11.7. The summed E-state index contributed by atoms with van der Waals surface area (Å²) in [7, 11) is 0. The summed E-state index contributed by atoms with van der Waals surface area (Å²) in [6, 6.07) is 15.4. The van der Waals surface area contributed by atoms with Gasteiger partial charge in [0, 0.05) is 32.5 Å². The first kappa shape index (κ1) is 22.0. The van der Waals surface area contributed by atoms with Crippen LogP contribution in [0, 0.1) is 5.92 Å². The second-order valence-electron chi connectivity index (χ2n) is 7.46. The number of rotatable bonds is 7. The van der Waals surface area contributed by atoms with Crippen molar-refractivity contribution in [2.24, 2.45) is 5.92 Å². The summed E-state index contributed by atoms with van der Waals surface area (Å²) in [6.45, 7) is 0.466. The minimum absolute atomic E-state index is 0.00113. The Bertz CT molecular complexity index is 1090. The summed E-state index contributed by atoms with van der Waals surface area (Å²) in [5.74, 6) is -0.611. The number of para-hydroxylation sites is 1. The van der Waals surface area contributed by atoms with Crippen LogP contribution in [0.3, 0.4) is 0 Å². The van der Waals surface area contributed by atoms with Gasteiger partial charge in [-0.25, -0.2) is 0 Å². The van der Waals surface area contributed by atoms with Crippen LogP contribution in [0.25, 0.3) is 10.1 Å². The van der Waals surface area contributed by atoms with Crippen LogP contribution in [0.15, 0.2) is 65.2 Å². The molecule has 0 spiro atoms. The number of fused-ring (bicyclic) bond motifs is 1. The summed E-state index contributed by atoms with van der Waals surface area (Å²) in [6.07, 6.45) is 4.23. The average molecular weight is 503 g/mol. The normalized spacial score (nSPS) is 21.6. The molecule has 0 saturated carbocycles. The third-order valence-electron chi connectivity index (χ3n) is 5.31. The zero-order valence-electron chi connectivity index (χ0n) is 16.7. The Hall–Kier alpha value is -2.19. The number of benzene rings is 2. The van der Waals surface area contributed by atoms with E-state index >= 15 is 0 Å². The van der Waals surface area contributed by atoms with E-state index in [1.807, 2.05) is 36.4 Å². The third kappa shape index (κ3) is 5.01. The number of thiophene rings is 1. The maximum absolute atomic E-state index is 10.7. The van der Waals surface area contributed by atoms with Crippen LogP contribution < -0.4 is 0 Å². The van der Waals surface area contributed by atoms with Crippen LogP contribution in [0.5, 0.6) is 5.75 Å². The maximum Gasteiger partial charge on any atom is 0.303 e. The van der Waals surface area contributed by atoms with Crippen molar-refractivity contribution in [1.29, 1.82) is 0 Å². The summed E-state index contributed by atoms with van der Waals surface area (Å²) in [4.78, 5) is 11.7. The Morgan fingerprint density at radius 1 is 1.16 bits per heavy atom. The number of halogens is 1. The predicted octanol–water partition coefficient (Wildman–Crippen LogP) is 6.58. The van der Waals surface area contributed by atoms with Gasteiger partial charge in [-0.1, -0.05) is 48.6 Å². The molecular weight excluding hydrogens is 480 g/mol. The molecule has 1 unspecified atom stereocenters. The van der Waals surface area contributed by atoms with Gasteiger partial charge in [-0.2, -0.15) is 0 Å². The van der Waals surface area contributed by atoms with Gasteiger partial charge < -0.3 is 19.7 Å². The SMILES string of the molecule is O=C(O)CC/C=C\C[C@@H]1COC(c2sc3ccccc3c2Br)O[C@@H]1c1ccccc1O. The molecule has 0 amide bonds. The van der Waals surface area contributed by atoms with Gasteiger partial charge in [0.1, 0.15) is 5.75 Å². The van der Waals surface area contributed by atoms with Gasteiger partial charge in [-0.3, -0.25) is 4.79 Å². The van der Waals surface area contributed by atoms with Crippen LogP contribution in [0.2, 0.25) is 0 Å². The molecule has 2 N–H and O–H groups in total. The number of carbonyl (C=O) groups is 1. The van der Waals surface area contributed by atoms with Crippen LogP contribution in [-0.2, 0) is 14.3 Å². The number of allylic oxidation sites excluding steroid dienone is 2. The number of phenols is 1. The summed E-state index contributed by atoms with van der Waals surface area (Å²) < 4.78 is 14.7. The molecule has 3 aromatic rings. The smallest absolute Gasteiger partial charge is 0.303 e. The topological polar surface area (TPSA) is 76.0 Å². The van der Waals surface area contributed by atoms with E-state index in [4.69, 9.17) is 14.6 Å². The largest absolute Gasteiger partial charge is 0.508 e. The van der Waals surface area contributed by atoms with Crippen molar-refractivity contribution >= 4 is 43.3 Å². The highest BCUT2D eigenvalue weighted by Gasteiger charge is 2.36. The monoisotopic (exact) mass is 502 g/mol. The molecule has 0 radical (unpaired) electrons. The Balaban J connectivity index is 1.57. The molecule has 7 heteroatoms. The first-order chi connectivity index (χ1) is 15.0. The van der Waals surface area contributed by atoms with Gasteiger partial charge in [0.25, 0.3) is 0 Å². The van der Waals surface area contributed by atoms with Gasteiger partial charge in [-0.15, -0.1) is 11.3 Å². The molecule has 0 aliphatic carbocycles. The molecule has 1 aliphatic rings. The molecule has 3 atom stereocenters. The Morgan fingerprint density at radius 2 is 1.94 bits per heavy atom. The summed E-state index contributed by atoms with van der Waals surface area (Å²) in [5, 5.41) is 20.4. The minimum atomic E-state index is -0.808. The van der Waals surface area contributed by atoms with Crippen molar-refractivity contribution in [3.63, 3.8) is 0 Å². The minimum Gasteiger partial charge on any atom is -0.508 e. The summed E-state index contributed by atoms with van der Waals surface area (Å²) >= 11 is 5.34. The lowest BCUT2D eigenvalue weighted by Crippen LogP contribution is -2.30. The van der Waals surface area contributed by atoms with E-state index in [-0.39, 0.29) is 24.2 Å². The molecule has 5 nitrogen and oxygen atoms in total. The van der Waals surface area contributed by atoms with Gasteiger partial charge in [-0.05, 0) is 40.9 Å². The standard InChI is InChI=1S/C24H23BrO5S/c25-21-17-10-5-7-12-19(17)31-23(21)24-29-14-15(8-2-1-3-13-20(27)28)22(30-24)16-9-4-6-11-18(16)26/h1-2,4-7,9-12,15,22,24,26H,3,8,13-14H2,(H,27,28)/b2-1-/t15-,22+,24?/m1/s1. The van der Waals surface area contributed by atoms with E-state index < -0.39 is 12.3 Å². The molecular formula is C24H23BrO5S. The van der Waals surface area contributed by atoms with Crippen LogP contribution in [-0.4, -0.2) is 22.8 Å². The van der Waals surface area contributed by atoms with E-state index in [9.17, 15) is 9.90 Å². The number of aromatic hydroxyl groups is 1. The quantitative estimate of drug-likeness (QED) is 0.356. The molecule has 1 saturated heterocycles. The van der Waals surface area contributed by atoms with E-state index in [1.54, 1.807) is 23.5 Å². The molecule has 1 aliphatic heterocycles. The van der Waals surface area contributed by atoms with Crippen molar-refractivity contribution in [1.82, 2.24) is 0 Å². The highest BCUT2D eigenvalue weighted by atomic mass is 79.9. The second-order valence-corrected chi connectivity index (χ2v) is 9.33. The fourth-order valence-electron chi connectivity index (χ4n) is 3.75. The van der Waals surface area contributed by atoms with Gasteiger partial charge in [0.05, 0.1) is 17.6 Å². The number of hydrogen-bond donors (Lipinski definition) is 2. The Labute approximate surface area is 193 Å². The summed E-state index contributed by atoms with van der Waals surface area (Å²) in [5.41, 5.74) is 0.733. The fraction of sp³-hybridized carbons (Fsp3) is 0.292. The Kier molecular flexibility index (Phi) is 7.07. The highest BCUT2D eigenvalue weighted by molar-refractivity contribution is 9.10. The van der Waals surface area contributed by atoms with E-state index in [2.05, 4.69) is 28.1 Å². The zero-order chi connectivity index (χ0) is 21.8. The van der Waals surface area contributed by atoms with E-state index in [1.165, 1.54) is 0 Å². The number of ether oxygens (including phenoxy) is 2. The first-order valence-electron chi connectivity index (χ1n) is 10.1. The van der Waals surface area contributed by atoms with Gasteiger partial charge in [0.2, 0.25) is 0 Å². The molecule has 1 fully saturated rings. The lowest BCUT2D eigenvalue weighted by atomic mass is 9.91. The van der Waals surface area contributed by atoms with Crippen molar-refractivity contribution < 1.29 is 24.5 Å². The molecule has 1 aromatic heterocycles. The number of carboxylic acids is 1. The van der Waals surface area contributed by atoms with Crippen LogP contribution >= 0.6 is 27.3 Å². The second kappa shape index (κ2) is 9.96. The molecule has 2 heterocycles. The number of aliphatic carboxylic acids is 1. The third-order valence-corrected chi connectivity index (χ3v) is 7.62. The fourth-order valence-corrected chi connectivity index (χ4v) is 5.74. The van der Waals surface area contributed by atoms with Crippen LogP contribution in [0.4, 0.5) is 0 Å². The number of carboxylic acid groups (broad SMARTS) is 1. The molecule has 0 bridgehead atoms. The van der Waals surface area contributed by atoms with Gasteiger partial charge in [0.15, 0.2) is 6.29 Å². The van der Waals surface area contributed by atoms with E-state index in [0.29, 0.717) is 19.4 Å². The highest BCUT2D eigenvalue weighted by Crippen LogP contribution is 2.47. The van der Waals surface area contributed by atoms with E-state index in [0.717, 1.165) is 25.0 Å². The van der Waals surface area contributed by atoms with Gasteiger partial charge >= 0.3 is 5.97 Å². The van der Waals surface area contributed by atoms with Crippen molar-refractivity contribution in [2.75, 3.05) is 6.61 Å². The number of phenolic OH excluding ortho intramolecular Hbond substituents is 1. The lowest BCUT2D eigenvalue weighted by molar-refractivity contribution is -0.242. The molecule has 4 rings (SSSR count).